The first-order valence-corrected chi connectivity index (χ1v) is 29.4. The van der Waals surface area contributed by atoms with Crippen molar-refractivity contribution in [3.05, 3.63) is 57.5 Å². The number of aryl methyl sites for hydroxylation is 1. The fourth-order valence-corrected chi connectivity index (χ4v) is 16.3. The van der Waals surface area contributed by atoms with Crippen LogP contribution in [0, 0.1) is 24.7 Å². The molecule has 5 aliphatic rings. The molecule has 0 amide bonds. The van der Waals surface area contributed by atoms with E-state index in [4.69, 9.17) is 9.97 Å². The molecule has 350 valence electrons. The van der Waals surface area contributed by atoms with Crippen LogP contribution in [-0.2, 0) is 0 Å². The van der Waals surface area contributed by atoms with Crippen LogP contribution in [0.15, 0.2) is 36.4 Å². The third-order valence-corrected chi connectivity index (χ3v) is 20.0. The first-order chi connectivity index (χ1) is 31.5. The highest BCUT2D eigenvalue weighted by Crippen LogP contribution is 2.55. The Morgan fingerprint density at radius 2 is 1.05 bits per heavy atom. The van der Waals surface area contributed by atoms with Gasteiger partial charge in [0.25, 0.3) is 0 Å². The molecule has 3 nitrogen and oxygen atoms in total. The molecule has 0 radical (unpaired) electrons. The summed E-state index contributed by atoms with van der Waals surface area (Å²) in [6.45, 7) is 9.55. The summed E-state index contributed by atoms with van der Waals surface area (Å²) in [6, 6.07) is 16.9. The van der Waals surface area contributed by atoms with Gasteiger partial charge in [-0.25, -0.2) is 9.97 Å². The highest BCUT2D eigenvalue weighted by Gasteiger charge is 2.53. The lowest BCUT2D eigenvalue weighted by molar-refractivity contribution is 0.0612. The Bertz CT molecular complexity index is 2030. The van der Waals surface area contributed by atoms with E-state index in [0.717, 1.165) is 41.4 Å². The maximum atomic E-state index is 5.92. The van der Waals surface area contributed by atoms with Gasteiger partial charge in [-0.1, -0.05) is 155 Å². The molecule has 4 heterocycles. The summed E-state index contributed by atoms with van der Waals surface area (Å²) in [5.41, 5.74) is 7.71. The molecule has 4 saturated carbocycles. The zero-order valence-corrected chi connectivity index (χ0v) is 42.7. The number of thiophene rings is 2. The standard InChI is InChI=1S/C59H87N3S2/c1-5-7-9-11-13-21-27-46(28-22-14-12-10-8-6-2)62-51-39-41(3)29-32-47(51)48-33-31-45(40-52(48)62)53-37-38-55(64-53)50-35-34-49(54-36-30-42(4)63-54)58-59(50)61-57(44-25-19-16-20-26-44)56(60-58)43-23-17-15-18-24-43/h30,34-38,41,43-48,51-52H,5-29,31-33,39-40H2,1-4H3. The topological polar surface area (TPSA) is 29.0 Å². The van der Waals surface area contributed by atoms with Crippen LogP contribution in [-0.4, -0.2) is 33.0 Å². The molecule has 64 heavy (non-hydrogen) atoms. The molecular weight excluding hydrogens is 815 g/mol. The van der Waals surface area contributed by atoms with Crippen LogP contribution in [0.3, 0.4) is 0 Å². The number of rotatable bonds is 20. The molecule has 9 rings (SSSR count). The van der Waals surface area contributed by atoms with Gasteiger partial charge in [0.1, 0.15) is 0 Å². The second-order valence-electron chi connectivity index (χ2n) is 22.2. The Kier molecular flexibility index (Phi) is 16.8. The molecule has 1 saturated heterocycles. The number of fused-ring (bicyclic) bond motifs is 4. The summed E-state index contributed by atoms with van der Waals surface area (Å²) < 4.78 is 0. The van der Waals surface area contributed by atoms with Crippen molar-refractivity contribution in [2.24, 2.45) is 17.8 Å². The summed E-state index contributed by atoms with van der Waals surface area (Å²) in [4.78, 5) is 20.9. The van der Waals surface area contributed by atoms with Crippen molar-refractivity contribution in [3.8, 4) is 20.9 Å². The van der Waals surface area contributed by atoms with Crippen LogP contribution in [0.1, 0.15) is 252 Å². The lowest BCUT2D eigenvalue weighted by atomic mass is 9.69. The molecule has 3 aromatic heterocycles. The fraction of sp³-hybridized carbons (Fsp3) is 0.729. The summed E-state index contributed by atoms with van der Waals surface area (Å²) in [5.74, 6) is 4.52. The molecule has 0 spiro atoms. The van der Waals surface area contributed by atoms with E-state index in [-0.39, 0.29) is 0 Å². The Hall–Kier alpha value is -2.08. The number of likely N-dealkylation sites (tertiary alicyclic amines) is 1. The van der Waals surface area contributed by atoms with E-state index in [1.54, 1.807) is 4.88 Å². The maximum Gasteiger partial charge on any atom is 0.0983 e. The smallest absolute Gasteiger partial charge is 0.0983 e. The SMILES string of the molecule is CCCCCCCCC(CCCCCCCC)N1C2CC(C)CCC2C2CCC(c3ccc(-c4ccc(-c5ccc(C)s5)c5nc(C6CCCCC6)c(C6CCCCC6)nc45)s3)CC21. The number of nitrogens with zero attached hydrogens (tertiary/aromatic N) is 3. The van der Waals surface area contributed by atoms with Crippen molar-refractivity contribution in [2.75, 3.05) is 0 Å². The van der Waals surface area contributed by atoms with Gasteiger partial charge in [0.2, 0.25) is 0 Å². The Labute approximate surface area is 398 Å². The normalized spacial score (nSPS) is 26.0. The summed E-state index contributed by atoms with van der Waals surface area (Å²) >= 11 is 4.04. The largest absolute Gasteiger partial charge is 0.294 e. The minimum Gasteiger partial charge on any atom is -0.294 e. The number of aromatic nitrogens is 2. The van der Waals surface area contributed by atoms with Gasteiger partial charge in [0, 0.05) is 60.6 Å². The lowest BCUT2D eigenvalue weighted by Crippen LogP contribution is -2.48. The van der Waals surface area contributed by atoms with Crippen molar-refractivity contribution >= 4 is 33.7 Å². The highest BCUT2D eigenvalue weighted by atomic mass is 32.1. The molecule has 1 aliphatic heterocycles. The Balaban J connectivity index is 1.02. The molecular formula is C59H87N3S2. The summed E-state index contributed by atoms with van der Waals surface area (Å²) in [7, 11) is 0. The van der Waals surface area contributed by atoms with E-state index in [1.165, 1.54) is 235 Å². The minimum atomic E-state index is 0.559. The zero-order valence-electron chi connectivity index (χ0n) is 41.0. The Morgan fingerprint density at radius 3 is 1.61 bits per heavy atom. The van der Waals surface area contributed by atoms with Crippen LogP contribution < -0.4 is 0 Å². The molecule has 0 N–H and O–H groups in total. The molecule has 6 unspecified atom stereocenters. The number of hydrogen-bond acceptors (Lipinski definition) is 5. The van der Waals surface area contributed by atoms with Crippen LogP contribution in [0.2, 0.25) is 0 Å². The van der Waals surface area contributed by atoms with Gasteiger partial charge in [-0.05, 0) is 125 Å². The van der Waals surface area contributed by atoms with Gasteiger partial charge in [0.15, 0.2) is 0 Å². The monoisotopic (exact) mass is 902 g/mol. The van der Waals surface area contributed by atoms with Gasteiger partial charge in [-0.3, -0.25) is 4.90 Å². The average Bonchev–Trinajstić information content (AvgIpc) is 4.08. The van der Waals surface area contributed by atoms with Crippen molar-refractivity contribution < 1.29 is 0 Å². The lowest BCUT2D eigenvalue weighted by Gasteiger charge is -2.43. The number of unbranched alkanes of at least 4 members (excludes halogenated alkanes) is 10. The van der Waals surface area contributed by atoms with E-state index >= 15 is 0 Å². The second-order valence-corrected chi connectivity index (χ2v) is 24.6. The molecule has 5 fully saturated rings. The predicted octanol–water partition coefficient (Wildman–Crippen LogP) is 18.7. The number of hydrogen-bond donors (Lipinski definition) is 0. The second kappa shape index (κ2) is 22.8. The number of benzene rings is 1. The minimum absolute atomic E-state index is 0.559. The van der Waals surface area contributed by atoms with Gasteiger partial charge in [-0.2, -0.15) is 0 Å². The molecule has 6 atom stereocenters. The van der Waals surface area contributed by atoms with E-state index in [9.17, 15) is 0 Å². The molecule has 0 bridgehead atoms. The Morgan fingerprint density at radius 1 is 0.531 bits per heavy atom. The molecule has 1 aromatic carbocycles. The zero-order chi connectivity index (χ0) is 43.8. The van der Waals surface area contributed by atoms with Gasteiger partial charge < -0.3 is 0 Å². The van der Waals surface area contributed by atoms with E-state index in [0.29, 0.717) is 17.8 Å². The molecule has 5 heteroatoms. The van der Waals surface area contributed by atoms with E-state index in [2.05, 4.69) is 80.3 Å². The summed E-state index contributed by atoms with van der Waals surface area (Å²) in [5, 5.41) is 0. The third kappa shape index (κ3) is 10.8. The maximum absolute atomic E-state index is 5.92. The van der Waals surface area contributed by atoms with E-state index in [1.807, 2.05) is 11.3 Å². The van der Waals surface area contributed by atoms with E-state index < -0.39 is 0 Å². The van der Waals surface area contributed by atoms with Gasteiger partial charge in [0.05, 0.1) is 22.4 Å². The van der Waals surface area contributed by atoms with Crippen molar-refractivity contribution in [3.63, 3.8) is 0 Å². The molecule has 4 aliphatic carbocycles. The van der Waals surface area contributed by atoms with Gasteiger partial charge in [-0.15, -0.1) is 22.7 Å². The van der Waals surface area contributed by atoms with Crippen LogP contribution >= 0.6 is 22.7 Å². The van der Waals surface area contributed by atoms with Crippen LogP contribution in [0.4, 0.5) is 0 Å². The average molecular weight is 902 g/mol. The predicted molar refractivity (Wildman–Crippen MR) is 278 cm³/mol. The fourth-order valence-electron chi connectivity index (χ4n) is 14.2. The van der Waals surface area contributed by atoms with Gasteiger partial charge >= 0.3 is 0 Å². The van der Waals surface area contributed by atoms with Crippen LogP contribution in [0.25, 0.3) is 31.9 Å². The van der Waals surface area contributed by atoms with Crippen molar-refractivity contribution in [1.29, 1.82) is 0 Å². The summed E-state index contributed by atoms with van der Waals surface area (Å²) in [6.07, 6.45) is 41.7. The van der Waals surface area contributed by atoms with Crippen LogP contribution in [0.5, 0.6) is 0 Å². The van der Waals surface area contributed by atoms with Crippen molar-refractivity contribution in [2.45, 2.75) is 256 Å². The molecule has 4 aromatic rings. The quantitative estimate of drug-likeness (QED) is 0.0828. The van der Waals surface area contributed by atoms with Crippen molar-refractivity contribution in [1.82, 2.24) is 14.9 Å². The third-order valence-electron chi connectivity index (χ3n) is 17.7. The first-order valence-electron chi connectivity index (χ1n) is 27.8. The highest BCUT2D eigenvalue weighted by molar-refractivity contribution is 7.16. The first kappa shape index (κ1) is 47.0.